The van der Waals surface area contributed by atoms with Crippen molar-refractivity contribution in [1.82, 2.24) is 0 Å². The zero-order valence-corrected chi connectivity index (χ0v) is 20.4. The van der Waals surface area contributed by atoms with E-state index in [4.69, 9.17) is 0 Å². The van der Waals surface area contributed by atoms with Crippen molar-refractivity contribution in [3.05, 3.63) is 0 Å². The van der Waals surface area contributed by atoms with Crippen molar-refractivity contribution in [2.24, 2.45) is 0 Å². The largest absolute Gasteiger partial charge is 1.00 e. The predicted molar refractivity (Wildman–Crippen MR) is 102 cm³/mol. The first kappa shape index (κ1) is 31.2. The second-order valence-electron chi connectivity index (χ2n) is 6.57. The molecule has 0 aromatic rings. The molecule has 0 saturated heterocycles. The molecule has 5 nitrogen and oxygen atoms in total. The van der Waals surface area contributed by atoms with Crippen LogP contribution in [0.4, 0.5) is 0 Å². The summed E-state index contributed by atoms with van der Waals surface area (Å²) < 4.78 is 34.5. The fraction of sp³-hybridized carbons (Fsp3) is 0.947. The molecule has 0 aliphatic carbocycles. The summed E-state index contributed by atoms with van der Waals surface area (Å²) in [5, 5.41) is 0. The first-order valence-corrected chi connectivity index (χ1v) is 11.3. The average Bonchev–Trinajstić information content (AvgIpc) is 2.52. The van der Waals surface area contributed by atoms with Gasteiger partial charge in [0.25, 0.3) is 0 Å². The number of Topliss-reactive ketones (excluding diaryl/α,β-unsaturated/α-hetero) is 1. The minimum atomic E-state index is -4.48. The van der Waals surface area contributed by atoms with E-state index in [1.807, 2.05) is 0 Å². The standard InChI is InChI=1S/C12H26O4S.C7H14O.Na/c1-2-3-4-5-6-7-8-9-10-11-12-16-17(13,14)15;1-3-4-5-6-7(2)8;/h2-12H2,1H3,(H,13,14,15);3-6H2,1-2H3;/q;;+1/p-1. The summed E-state index contributed by atoms with van der Waals surface area (Å²) in [6.07, 6.45) is 15.9. The van der Waals surface area contributed by atoms with E-state index in [0.29, 0.717) is 12.2 Å². The van der Waals surface area contributed by atoms with Gasteiger partial charge in [0.2, 0.25) is 10.4 Å². The molecular formula is C19H39NaO5S. The number of hydrogen-bond acceptors (Lipinski definition) is 5. The molecule has 0 aromatic carbocycles. The maximum absolute atomic E-state index is 10.3. The molecule has 0 radical (unpaired) electrons. The number of carbonyl (C=O) groups is 1. The van der Waals surface area contributed by atoms with E-state index in [0.717, 1.165) is 25.7 Å². The van der Waals surface area contributed by atoms with Crippen molar-refractivity contribution in [2.75, 3.05) is 6.61 Å². The smallest absolute Gasteiger partial charge is 0.726 e. The molecule has 0 rings (SSSR count). The zero-order valence-electron chi connectivity index (χ0n) is 17.6. The normalized spacial score (nSPS) is 10.6. The topological polar surface area (TPSA) is 83.5 Å². The van der Waals surface area contributed by atoms with E-state index in [1.165, 1.54) is 57.8 Å². The third-order valence-corrected chi connectivity index (χ3v) is 4.31. The summed E-state index contributed by atoms with van der Waals surface area (Å²) in [6.45, 7) is 6.03. The Morgan fingerprint density at radius 3 is 1.54 bits per heavy atom. The van der Waals surface area contributed by atoms with E-state index in [2.05, 4.69) is 18.0 Å². The summed E-state index contributed by atoms with van der Waals surface area (Å²) >= 11 is 0. The molecular weight excluding hydrogens is 363 g/mol. The van der Waals surface area contributed by atoms with Crippen LogP contribution in [-0.2, 0) is 19.4 Å². The Kier molecular flexibility index (Phi) is 28.3. The van der Waals surface area contributed by atoms with Gasteiger partial charge in [-0.05, 0) is 19.8 Å². The molecule has 0 N–H and O–H groups in total. The Morgan fingerprint density at radius 1 is 0.769 bits per heavy atom. The molecule has 0 saturated carbocycles. The second-order valence-corrected chi connectivity index (χ2v) is 7.62. The number of ketones is 1. The fourth-order valence-electron chi connectivity index (χ4n) is 2.37. The minimum Gasteiger partial charge on any atom is -0.726 e. The Morgan fingerprint density at radius 2 is 1.15 bits per heavy atom. The minimum absolute atomic E-state index is 0. The number of carbonyl (C=O) groups excluding carboxylic acids is 1. The van der Waals surface area contributed by atoms with Crippen molar-refractivity contribution in [3.63, 3.8) is 0 Å². The SMILES string of the molecule is CCCCCC(C)=O.CCCCCCCCCCCCOS(=O)(=O)[O-].[Na+]. The summed E-state index contributed by atoms with van der Waals surface area (Å²) in [5.74, 6) is 0.318. The van der Waals surface area contributed by atoms with Crippen molar-refractivity contribution >= 4 is 16.2 Å². The molecule has 0 atom stereocenters. The zero-order chi connectivity index (χ0) is 19.4. The molecule has 0 fully saturated rings. The van der Waals surface area contributed by atoms with E-state index in [-0.39, 0.29) is 36.2 Å². The van der Waals surface area contributed by atoms with Gasteiger partial charge in [-0.1, -0.05) is 84.5 Å². The van der Waals surface area contributed by atoms with E-state index >= 15 is 0 Å². The molecule has 0 aliphatic rings. The molecule has 26 heavy (non-hydrogen) atoms. The third-order valence-electron chi connectivity index (χ3n) is 3.86. The first-order chi connectivity index (χ1) is 11.8. The molecule has 0 unspecified atom stereocenters. The molecule has 0 aliphatic heterocycles. The summed E-state index contributed by atoms with van der Waals surface area (Å²) in [5.41, 5.74) is 0. The molecule has 0 bridgehead atoms. The summed E-state index contributed by atoms with van der Waals surface area (Å²) in [6, 6.07) is 0. The quantitative estimate of drug-likeness (QED) is 0.171. The van der Waals surface area contributed by atoms with Gasteiger partial charge in [0.15, 0.2) is 0 Å². The number of rotatable bonds is 16. The number of hydrogen-bond donors (Lipinski definition) is 0. The molecule has 0 heterocycles. The van der Waals surface area contributed by atoms with Gasteiger partial charge >= 0.3 is 29.6 Å². The van der Waals surface area contributed by atoms with Crippen LogP contribution in [0.3, 0.4) is 0 Å². The Bertz CT molecular complexity index is 385. The van der Waals surface area contributed by atoms with Crippen LogP contribution in [0.1, 0.15) is 111 Å². The van der Waals surface area contributed by atoms with E-state index < -0.39 is 10.4 Å². The van der Waals surface area contributed by atoms with Crippen molar-refractivity contribution in [3.8, 4) is 0 Å². The molecule has 0 aromatic heterocycles. The second kappa shape index (κ2) is 23.6. The van der Waals surface area contributed by atoms with Gasteiger partial charge in [-0.15, -0.1) is 0 Å². The molecule has 0 amide bonds. The van der Waals surface area contributed by atoms with E-state index in [1.54, 1.807) is 6.92 Å². The third kappa shape index (κ3) is 35.6. The first-order valence-electron chi connectivity index (χ1n) is 9.93. The van der Waals surface area contributed by atoms with Crippen molar-refractivity contribution in [2.45, 2.75) is 111 Å². The van der Waals surface area contributed by atoms with Gasteiger partial charge < -0.3 is 9.35 Å². The fourth-order valence-corrected chi connectivity index (χ4v) is 2.70. The van der Waals surface area contributed by atoms with Crippen LogP contribution in [0.2, 0.25) is 0 Å². The van der Waals surface area contributed by atoms with Crippen LogP contribution in [0, 0.1) is 0 Å². The van der Waals surface area contributed by atoms with Crippen LogP contribution in [-0.4, -0.2) is 25.4 Å². The Balaban J connectivity index is -0.000000498. The Hall–Kier alpha value is 0.540. The molecule has 7 heteroatoms. The van der Waals surface area contributed by atoms with Gasteiger partial charge in [0.1, 0.15) is 5.78 Å². The van der Waals surface area contributed by atoms with Crippen LogP contribution in [0.5, 0.6) is 0 Å². The summed E-state index contributed by atoms with van der Waals surface area (Å²) in [4.78, 5) is 10.3. The van der Waals surface area contributed by atoms with Gasteiger partial charge in [-0.3, -0.25) is 4.18 Å². The van der Waals surface area contributed by atoms with E-state index in [9.17, 15) is 17.8 Å². The average molecular weight is 403 g/mol. The van der Waals surface area contributed by atoms with Crippen molar-refractivity contribution < 1.29 is 51.5 Å². The predicted octanol–water partition coefficient (Wildman–Crippen LogP) is 2.54. The van der Waals surface area contributed by atoms with Gasteiger partial charge in [-0.2, -0.15) is 0 Å². The maximum Gasteiger partial charge on any atom is 1.00 e. The van der Waals surface area contributed by atoms with Crippen LogP contribution in [0.15, 0.2) is 0 Å². The molecule has 152 valence electrons. The van der Waals surface area contributed by atoms with Gasteiger partial charge in [0, 0.05) is 6.42 Å². The maximum atomic E-state index is 10.3. The van der Waals surface area contributed by atoms with Gasteiger partial charge in [0.05, 0.1) is 6.61 Å². The van der Waals surface area contributed by atoms with Crippen LogP contribution in [0.25, 0.3) is 0 Å². The van der Waals surface area contributed by atoms with Crippen molar-refractivity contribution in [1.29, 1.82) is 0 Å². The van der Waals surface area contributed by atoms with Crippen LogP contribution < -0.4 is 29.6 Å². The monoisotopic (exact) mass is 402 g/mol. The number of unbranched alkanes of at least 4 members (excludes halogenated alkanes) is 11. The van der Waals surface area contributed by atoms with Gasteiger partial charge in [-0.25, -0.2) is 8.42 Å². The molecule has 0 spiro atoms. The summed E-state index contributed by atoms with van der Waals surface area (Å²) in [7, 11) is -4.48. The Labute approximate surface area is 184 Å². The van der Waals surface area contributed by atoms with Crippen LogP contribution >= 0.6 is 0 Å².